The largest absolute Gasteiger partial charge is 0.455 e. The maximum Gasteiger partial charge on any atom is 0.292 e. The van der Waals surface area contributed by atoms with Crippen LogP contribution in [-0.4, -0.2) is 4.57 Å². The number of fused-ring (bicyclic) bond motifs is 5. The molecule has 4 aromatic rings. The van der Waals surface area contributed by atoms with Gasteiger partial charge in [0.1, 0.15) is 23.5 Å². The lowest BCUT2D eigenvalue weighted by molar-refractivity contribution is -0.659. The zero-order valence-electron chi connectivity index (χ0n) is 18.7. The van der Waals surface area contributed by atoms with Gasteiger partial charge in [-0.3, -0.25) is 0 Å². The number of hydrogen-bond acceptors (Lipinski definition) is 1. The van der Waals surface area contributed by atoms with Crippen molar-refractivity contribution in [3.8, 4) is 11.4 Å². The molecule has 0 saturated heterocycles. The van der Waals surface area contributed by atoms with E-state index in [4.69, 9.17) is 4.42 Å². The molecule has 0 spiro atoms. The van der Waals surface area contributed by atoms with Gasteiger partial charge in [0.25, 0.3) is 5.82 Å². The molecular weight excluding hydrogens is 356 g/mol. The number of benzene rings is 2. The van der Waals surface area contributed by atoms with Crippen molar-refractivity contribution >= 4 is 21.9 Å². The van der Waals surface area contributed by atoms with E-state index in [-0.39, 0.29) is 10.8 Å². The fourth-order valence-corrected chi connectivity index (χ4v) is 5.34. The van der Waals surface area contributed by atoms with Crippen LogP contribution < -0.4 is 4.57 Å². The summed E-state index contributed by atoms with van der Waals surface area (Å²) < 4.78 is 11.2. The van der Waals surface area contributed by atoms with Gasteiger partial charge in [-0.2, -0.15) is 0 Å². The van der Waals surface area contributed by atoms with Gasteiger partial charge < -0.3 is 4.42 Å². The van der Waals surface area contributed by atoms with E-state index in [1.54, 1.807) is 0 Å². The lowest BCUT2D eigenvalue weighted by Crippen LogP contribution is -2.33. The molecule has 0 unspecified atom stereocenters. The van der Waals surface area contributed by atoms with Gasteiger partial charge in [-0.25, -0.2) is 9.13 Å². The lowest BCUT2D eigenvalue weighted by Gasteiger charge is -2.41. The van der Waals surface area contributed by atoms with Gasteiger partial charge in [0.15, 0.2) is 5.58 Å². The van der Waals surface area contributed by atoms with Gasteiger partial charge in [-0.1, -0.05) is 52.0 Å². The number of nitrogens with zero attached hydrogens (tertiary/aromatic N) is 2. The number of hydrogen-bond donors (Lipinski definition) is 0. The van der Waals surface area contributed by atoms with Crippen molar-refractivity contribution < 1.29 is 8.98 Å². The van der Waals surface area contributed by atoms with E-state index < -0.39 is 0 Å². The molecule has 2 aromatic carbocycles. The minimum atomic E-state index is 0.114. The number of imidazole rings is 1. The maximum atomic E-state index is 6.80. The molecule has 0 N–H and O–H groups in total. The lowest BCUT2D eigenvalue weighted by atomic mass is 9.63. The summed E-state index contributed by atoms with van der Waals surface area (Å²) in [5.41, 5.74) is 7.66. The molecule has 0 atom stereocenters. The third-order valence-electron chi connectivity index (χ3n) is 7.20. The molecule has 5 rings (SSSR count). The molecule has 2 heterocycles. The third kappa shape index (κ3) is 2.46. The summed E-state index contributed by atoms with van der Waals surface area (Å²) in [6, 6.07) is 9.10. The molecular formula is C26H31N2O+. The summed E-state index contributed by atoms with van der Waals surface area (Å²) in [5, 5.41) is 2.45. The van der Waals surface area contributed by atoms with Gasteiger partial charge in [0.05, 0.1) is 14.1 Å². The minimum absolute atomic E-state index is 0.114. The van der Waals surface area contributed by atoms with Crippen LogP contribution in [0.4, 0.5) is 0 Å². The van der Waals surface area contributed by atoms with Gasteiger partial charge in [-0.05, 0) is 41.7 Å². The summed E-state index contributed by atoms with van der Waals surface area (Å²) in [5.74, 6) is 1.17. The first kappa shape index (κ1) is 18.5. The Hall–Kier alpha value is -2.55. The Morgan fingerprint density at radius 1 is 0.931 bits per heavy atom. The van der Waals surface area contributed by atoms with Crippen LogP contribution in [0.15, 0.2) is 41.1 Å². The summed E-state index contributed by atoms with van der Waals surface area (Å²) in [6.45, 7) is 11.7. The van der Waals surface area contributed by atoms with E-state index in [0.29, 0.717) is 0 Å². The van der Waals surface area contributed by atoms with Crippen molar-refractivity contribution in [2.75, 3.05) is 0 Å². The number of rotatable bonds is 1. The summed E-state index contributed by atoms with van der Waals surface area (Å²) in [6.07, 6.45) is 6.59. The standard InChI is InChI=1S/C26H31N2O/c1-16-8-9-17-18-10-11-19-21(26(4,5)13-12-25(19,2)3)23(18)29-22(17)20(16)24-27(6)14-15-28(24)7/h8-11,14-15H,12-13H2,1-7H3/q+1. The predicted molar refractivity (Wildman–Crippen MR) is 119 cm³/mol. The van der Waals surface area contributed by atoms with E-state index in [0.717, 1.165) is 11.2 Å². The second-order valence-corrected chi connectivity index (χ2v) is 10.2. The smallest absolute Gasteiger partial charge is 0.292 e. The third-order valence-corrected chi connectivity index (χ3v) is 7.20. The average Bonchev–Trinajstić information content (AvgIpc) is 3.19. The SMILES string of the molecule is Cc1ccc2c(oc3c4c(ccc32)C(C)(C)CCC4(C)C)c1-c1n(C)cc[n+]1C. The molecule has 0 bridgehead atoms. The van der Waals surface area contributed by atoms with Crippen LogP contribution >= 0.6 is 0 Å². The minimum Gasteiger partial charge on any atom is -0.455 e. The topological polar surface area (TPSA) is 21.9 Å². The van der Waals surface area contributed by atoms with Crippen molar-refractivity contribution in [1.82, 2.24) is 4.57 Å². The van der Waals surface area contributed by atoms with E-state index in [1.165, 1.54) is 51.7 Å². The van der Waals surface area contributed by atoms with Gasteiger partial charge in [-0.15, -0.1) is 0 Å². The van der Waals surface area contributed by atoms with Crippen molar-refractivity contribution in [3.05, 3.63) is 53.3 Å². The van der Waals surface area contributed by atoms with Crippen LogP contribution in [0.2, 0.25) is 0 Å². The second-order valence-electron chi connectivity index (χ2n) is 10.2. The Balaban J connectivity index is 1.94. The molecule has 150 valence electrons. The van der Waals surface area contributed by atoms with Crippen LogP contribution in [0, 0.1) is 6.92 Å². The molecule has 29 heavy (non-hydrogen) atoms. The number of furan rings is 1. The highest BCUT2D eigenvalue weighted by atomic mass is 16.3. The molecule has 0 amide bonds. The Morgan fingerprint density at radius 3 is 2.28 bits per heavy atom. The van der Waals surface area contributed by atoms with Gasteiger partial charge >= 0.3 is 0 Å². The molecule has 1 aliphatic rings. The Kier molecular flexibility index (Phi) is 3.66. The van der Waals surface area contributed by atoms with Crippen LogP contribution in [-0.2, 0) is 24.9 Å². The Labute approximate surface area is 173 Å². The molecule has 0 saturated carbocycles. The predicted octanol–water partition coefficient (Wildman–Crippen LogP) is 6.07. The van der Waals surface area contributed by atoms with E-state index in [9.17, 15) is 0 Å². The zero-order valence-corrected chi connectivity index (χ0v) is 18.7. The summed E-state index contributed by atoms with van der Waals surface area (Å²) in [7, 11) is 4.20. The molecule has 1 aliphatic carbocycles. The monoisotopic (exact) mass is 387 g/mol. The van der Waals surface area contributed by atoms with Crippen molar-refractivity contribution in [2.24, 2.45) is 14.1 Å². The van der Waals surface area contributed by atoms with Gasteiger partial charge in [0.2, 0.25) is 0 Å². The average molecular weight is 388 g/mol. The first-order valence-corrected chi connectivity index (χ1v) is 10.6. The van der Waals surface area contributed by atoms with E-state index in [1.807, 2.05) is 0 Å². The molecule has 0 aliphatic heterocycles. The maximum absolute atomic E-state index is 6.80. The second kappa shape index (κ2) is 5.75. The highest BCUT2D eigenvalue weighted by Gasteiger charge is 2.39. The first-order valence-electron chi connectivity index (χ1n) is 10.6. The fraction of sp³-hybridized carbons (Fsp3) is 0.423. The molecule has 0 fully saturated rings. The van der Waals surface area contributed by atoms with Crippen LogP contribution in [0.1, 0.15) is 57.2 Å². The molecule has 3 nitrogen and oxygen atoms in total. The van der Waals surface area contributed by atoms with Crippen LogP contribution in [0.5, 0.6) is 0 Å². The van der Waals surface area contributed by atoms with E-state index in [2.05, 4.69) is 94.5 Å². The van der Waals surface area contributed by atoms with Crippen molar-refractivity contribution in [2.45, 2.75) is 58.3 Å². The highest BCUT2D eigenvalue weighted by molar-refractivity contribution is 6.10. The Morgan fingerprint density at radius 2 is 1.59 bits per heavy atom. The molecule has 2 aromatic heterocycles. The number of aryl methyl sites for hydroxylation is 3. The molecule has 3 heteroatoms. The van der Waals surface area contributed by atoms with Crippen LogP contribution in [0.25, 0.3) is 33.3 Å². The quantitative estimate of drug-likeness (QED) is 0.363. The summed E-state index contributed by atoms with van der Waals surface area (Å²) in [4.78, 5) is 0. The summed E-state index contributed by atoms with van der Waals surface area (Å²) >= 11 is 0. The molecule has 0 radical (unpaired) electrons. The Bertz CT molecular complexity index is 1260. The normalized spacial score (nSPS) is 17.8. The van der Waals surface area contributed by atoms with E-state index >= 15 is 0 Å². The first-order chi connectivity index (χ1) is 13.6. The zero-order chi connectivity index (χ0) is 20.7. The van der Waals surface area contributed by atoms with Crippen molar-refractivity contribution in [1.29, 1.82) is 0 Å². The van der Waals surface area contributed by atoms with Crippen molar-refractivity contribution in [3.63, 3.8) is 0 Å². The highest BCUT2D eigenvalue weighted by Crippen LogP contribution is 2.50. The van der Waals surface area contributed by atoms with Crippen LogP contribution in [0.3, 0.4) is 0 Å². The van der Waals surface area contributed by atoms with Gasteiger partial charge in [0, 0.05) is 16.3 Å². The number of aromatic nitrogens is 2. The fourth-order valence-electron chi connectivity index (χ4n) is 5.34.